The molecule has 0 saturated carbocycles. The van der Waals surface area contributed by atoms with Crippen LogP contribution in [0.15, 0.2) is 0 Å². The van der Waals surface area contributed by atoms with Crippen molar-refractivity contribution in [3.05, 3.63) is 27.7 Å². The average molecular weight is 437 g/mol. The molecule has 1 N–H and O–H groups in total. The van der Waals surface area contributed by atoms with Gasteiger partial charge < -0.3 is 14.8 Å². The molecule has 1 amide bonds. The van der Waals surface area contributed by atoms with Gasteiger partial charge in [0.2, 0.25) is 0 Å². The first-order chi connectivity index (χ1) is 13.6. The quantitative estimate of drug-likeness (QED) is 0.692. The van der Waals surface area contributed by atoms with Gasteiger partial charge in [-0.1, -0.05) is 0 Å². The maximum atomic E-state index is 13.0. The predicted molar refractivity (Wildman–Crippen MR) is 116 cm³/mol. The van der Waals surface area contributed by atoms with E-state index in [1.54, 1.807) is 39.2 Å². The largest absolute Gasteiger partial charge is 0.456 e. The number of amides is 1. The number of hydrogen-bond acceptors (Lipinski definition) is 7. The van der Waals surface area contributed by atoms with Crippen molar-refractivity contribution < 1.29 is 19.1 Å². The molecule has 0 aromatic carbocycles. The van der Waals surface area contributed by atoms with Crippen molar-refractivity contribution in [1.82, 2.24) is 20.1 Å². The summed E-state index contributed by atoms with van der Waals surface area (Å²) in [5.74, 6) is 0.712. The van der Waals surface area contributed by atoms with E-state index in [0.29, 0.717) is 22.2 Å². The second-order valence-corrected chi connectivity index (χ2v) is 10.5. The lowest BCUT2D eigenvalue weighted by Gasteiger charge is -2.22. The van der Waals surface area contributed by atoms with Gasteiger partial charge in [0.1, 0.15) is 22.0 Å². The number of aromatic nitrogens is 3. The van der Waals surface area contributed by atoms with Crippen LogP contribution in [0.3, 0.4) is 0 Å². The van der Waals surface area contributed by atoms with Crippen LogP contribution in [0.2, 0.25) is 0 Å². The van der Waals surface area contributed by atoms with Gasteiger partial charge in [-0.25, -0.2) is 9.59 Å². The van der Waals surface area contributed by atoms with Crippen LogP contribution in [0.4, 0.5) is 4.79 Å². The zero-order valence-corrected chi connectivity index (χ0v) is 20.3. The SMILES string of the molecule is Cc1sc(-n2c(C)nnc2C(C)NC(=O)OC(C)(C)C)c(C(=O)OC(C)(C)C)c1C. The van der Waals surface area contributed by atoms with Gasteiger partial charge in [-0.3, -0.25) is 4.57 Å². The summed E-state index contributed by atoms with van der Waals surface area (Å²) in [5.41, 5.74) is 0.115. The van der Waals surface area contributed by atoms with E-state index in [1.807, 2.05) is 34.6 Å². The number of aryl methyl sites for hydroxylation is 2. The molecule has 8 nitrogen and oxygen atoms in total. The van der Waals surface area contributed by atoms with Gasteiger partial charge >= 0.3 is 12.1 Å². The third kappa shape index (κ3) is 5.59. The maximum Gasteiger partial charge on any atom is 0.408 e. The van der Waals surface area contributed by atoms with E-state index in [9.17, 15) is 9.59 Å². The molecule has 2 heterocycles. The van der Waals surface area contributed by atoms with Crippen LogP contribution in [0.1, 0.15) is 87.0 Å². The lowest BCUT2D eigenvalue weighted by molar-refractivity contribution is 0.00689. The van der Waals surface area contributed by atoms with Crippen molar-refractivity contribution in [3.8, 4) is 5.00 Å². The summed E-state index contributed by atoms with van der Waals surface area (Å²) in [5, 5.41) is 11.9. The van der Waals surface area contributed by atoms with E-state index in [-0.39, 0.29) is 0 Å². The summed E-state index contributed by atoms with van der Waals surface area (Å²) in [7, 11) is 0. The first-order valence-electron chi connectivity index (χ1n) is 9.86. The number of nitrogens with zero attached hydrogens (tertiary/aromatic N) is 3. The van der Waals surface area contributed by atoms with Gasteiger partial charge in [-0.05, 0) is 74.8 Å². The summed E-state index contributed by atoms with van der Waals surface area (Å²) in [4.78, 5) is 26.2. The summed E-state index contributed by atoms with van der Waals surface area (Å²) >= 11 is 1.47. The Kier molecular flexibility index (Phi) is 6.66. The molecule has 166 valence electrons. The van der Waals surface area contributed by atoms with Crippen LogP contribution < -0.4 is 5.32 Å². The molecule has 2 aromatic rings. The Morgan fingerprint density at radius 2 is 1.57 bits per heavy atom. The monoisotopic (exact) mass is 436 g/mol. The molecule has 2 rings (SSSR count). The van der Waals surface area contributed by atoms with Gasteiger partial charge in [-0.2, -0.15) is 0 Å². The molecule has 0 fully saturated rings. The smallest absolute Gasteiger partial charge is 0.408 e. The number of nitrogens with one attached hydrogen (secondary N) is 1. The number of thiophene rings is 1. The first-order valence-corrected chi connectivity index (χ1v) is 10.7. The standard InChI is InChI=1S/C21H32N4O4S/c1-11-13(3)30-17(15(11)18(26)28-20(5,6)7)25-14(4)23-24-16(25)12(2)22-19(27)29-21(8,9)10/h12H,1-10H3,(H,22,27). The van der Waals surface area contributed by atoms with Gasteiger partial charge in [-0.15, -0.1) is 21.5 Å². The van der Waals surface area contributed by atoms with Crippen LogP contribution in [0, 0.1) is 20.8 Å². The average Bonchev–Trinajstić information content (AvgIpc) is 3.04. The minimum Gasteiger partial charge on any atom is -0.456 e. The Morgan fingerprint density at radius 3 is 2.10 bits per heavy atom. The van der Waals surface area contributed by atoms with Crippen LogP contribution >= 0.6 is 11.3 Å². The Morgan fingerprint density at radius 1 is 1.00 bits per heavy atom. The number of rotatable bonds is 4. The van der Waals surface area contributed by atoms with Crippen molar-refractivity contribution in [2.24, 2.45) is 0 Å². The van der Waals surface area contributed by atoms with Gasteiger partial charge in [0, 0.05) is 4.88 Å². The van der Waals surface area contributed by atoms with E-state index >= 15 is 0 Å². The minimum atomic E-state index is -0.618. The summed E-state index contributed by atoms with van der Waals surface area (Å²) in [6.45, 7) is 18.4. The number of hydrogen-bond donors (Lipinski definition) is 1. The molecule has 0 aliphatic rings. The van der Waals surface area contributed by atoms with Crippen molar-refractivity contribution in [1.29, 1.82) is 0 Å². The third-order valence-corrected chi connectivity index (χ3v) is 5.34. The highest BCUT2D eigenvalue weighted by Crippen LogP contribution is 2.34. The van der Waals surface area contributed by atoms with Crippen molar-refractivity contribution in [2.75, 3.05) is 0 Å². The number of alkyl carbamates (subject to hydrolysis) is 1. The topological polar surface area (TPSA) is 95.3 Å². The molecule has 0 spiro atoms. The number of esters is 1. The molecule has 0 radical (unpaired) electrons. The van der Waals surface area contributed by atoms with Crippen LogP contribution in [-0.4, -0.2) is 38.0 Å². The minimum absolute atomic E-state index is 0.397. The third-order valence-electron chi connectivity index (χ3n) is 4.14. The van der Waals surface area contributed by atoms with Gasteiger partial charge in [0.25, 0.3) is 0 Å². The molecular weight excluding hydrogens is 404 g/mol. The van der Waals surface area contributed by atoms with E-state index in [2.05, 4.69) is 15.5 Å². The zero-order valence-electron chi connectivity index (χ0n) is 19.5. The highest BCUT2D eigenvalue weighted by atomic mass is 32.1. The lowest BCUT2D eigenvalue weighted by atomic mass is 10.1. The Labute approximate surface area is 182 Å². The second kappa shape index (κ2) is 8.37. The zero-order chi connectivity index (χ0) is 23.0. The molecule has 0 bridgehead atoms. The van der Waals surface area contributed by atoms with E-state index in [1.165, 1.54) is 11.3 Å². The highest BCUT2D eigenvalue weighted by Gasteiger charge is 2.30. The molecule has 30 heavy (non-hydrogen) atoms. The summed E-state index contributed by atoms with van der Waals surface area (Å²) < 4.78 is 12.8. The highest BCUT2D eigenvalue weighted by molar-refractivity contribution is 7.15. The van der Waals surface area contributed by atoms with E-state index in [4.69, 9.17) is 9.47 Å². The van der Waals surface area contributed by atoms with E-state index < -0.39 is 29.3 Å². The Hall–Kier alpha value is -2.42. The van der Waals surface area contributed by atoms with Crippen LogP contribution in [0.5, 0.6) is 0 Å². The molecule has 1 unspecified atom stereocenters. The van der Waals surface area contributed by atoms with Gasteiger partial charge in [0.05, 0.1) is 11.6 Å². The summed E-state index contributed by atoms with van der Waals surface area (Å²) in [6, 6.07) is -0.491. The number of carbonyl (C=O) groups excluding carboxylic acids is 2. The number of carbonyl (C=O) groups is 2. The molecular formula is C21H32N4O4S. The fourth-order valence-electron chi connectivity index (χ4n) is 2.79. The molecule has 2 aromatic heterocycles. The Bertz CT molecular complexity index is 948. The van der Waals surface area contributed by atoms with Crippen LogP contribution in [0.25, 0.3) is 5.00 Å². The normalized spacial score (nSPS) is 13.1. The van der Waals surface area contributed by atoms with Crippen molar-refractivity contribution in [3.63, 3.8) is 0 Å². The van der Waals surface area contributed by atoms with Crippen molar-refractivity contribution in [2.45, 2.75) is 86.5 Å². The predicted octanol–water partition coefficient (Wildman–Crippen LogP) is 4.80. The number of ether oxygens (including phenoxy) is 2. The van der Waals surface area contributed by atoms with Crippen molar-refractivity contribution >= 4 is 23.4 Å². The molecule has 1 atom stereocenters. The van der Waals surface area contributed by atoms with E-state index in [0.717, 1.165) is 10.4 Å². The van der Waals surface area contributed by atoms with Crippen LogP contribution in [-0.2, 0) is 9.47 Å². The molecule has 9 heteroatoms. The first kappa shape index (κ1) is 23.9. The fraction of sp³-hybridized carbons (Fsp3) is 0.619. The molecule has 0 aliphatic carbocycles. The second-order valence-electron chi connectivity index (χ2n) is 9.27. The maximum absolute atomic E-state index is 13.0. The molecule has 0 saturated heterocycles. The fourth-order valence-corrected chi connectivity index (χ4v) is 4.00. The summed E-state index contributed by atoms with van der Waals surface area (Å²) in [6.07, 6.45) is -0.548. The van der Waals surface area contributed by atoms with Gasteiger partial charge in [0.15, 0.2) is 5.82 Å². The lowest BCUT2D eigenvalue weighted by Crippen LogP contribution is -2.35. The molecule has 0 aliphatic heterocycles. The Balaban J connectivity index is 2.47.